The van der Waals surface area contributed by atoms with Gasteiger partial charge in [0.15, 0.2) is 11.5 Å². The highest BCUT2D eigenvalue weighted by Gasteiger charge is 2.05. The van der Waals surface area contributed by atoms with Crippen LogP contribution in [0.1, 0.15) is 62.8 Å². The summed E-state index contributed by atoms with van der Waals surface area (Å²) in [4.78, 5) is 0. The summed E-state index contributed by atoms with van der Waals surface area (Å²) in [7, 11) is 2.08. The monoisotopic (exact) mass is 408 g/mol. The predicted molar refractivity (Wildman–Crippen MR) is 119 cm³/mol. The number of phenols is 1. The molecule has 164 valence electrons. The van der Waals surface area contributed by atoms with Gasteiger partial charge in [0, 0.05) is 0 Å². The van der Waals surface area contributed by atoms with Crippen LogP contribution in [0.4, 0.5) is 8.78 Å². The molecule has 0 unspecified atom stereocenters. The molecular formula is C25H38F2O2. The molecular weight excluding hydrogens is 370 g/mol. The number of phenolic OH excluding ortho intramolecular Hbond substituents is 1. The van der Waals surface area contributed by atoms with E-state index >= 15 is 0 Å². The molecule has 2 rings (SSSR count). The molecule has 0 radical (unpaired) electrons. The van der Waals surface area contributed by atoms with E-state index in [0.29, 0.717) is 12.9 Å². The van der Waals surface area contributed by atoms with Crippen molar-refractivity contribution in [1.82, 2.24) is 0 Å². The smallest absolute Gasteiger partial charge is 0.160 e. The summed E-state index contributed by atoms with van der Waals surface area (Å²) >= 11 is 0. The van der Waals surface area contributed by atoms with Crippen LogP contribution in [0.5, 0.6) is 11.5 Å². The molecule has 1 N–H and O–H groups in total. The van der Waals surface area contributed by atoms with E-state index in [1.54, 1.807) is 19.2 Å². The standard InChI is InChI=1S/C13H20O2.C11H15F.CH3F/c1-4-10(2)5-6-11-7-8-12(14)13(9-11)15-3;1-4-9-6-8(3)11(12)7-10(9)5-2;1-2/h7-10,14H,4-6H2,1-3H3;6-7H,4-5H2,1-3H3;1H3/t10-;;/m1../s1. The molecule has 2 aromatic rings. The van der Waals surface area contributed by atoms with E-state index < -0.39 is 0 Å². The zero-order chi connectivity index (χ0) is 22.4. The van der Waals surface area contributed by atoms with Crippen LogP contribution in [-0.4, -0.2) is 19.4 Å². The largest absolute Gasteiger partial charge is 0.504 e. The van der Waals surface area contributed by atoms with Crippen molar-refractivity contribution in [2.45, 2.75) is 66.7 Å². The summed E-state index contributed by atoms with van der Waals surface area (Å²) in [5.41, 5.74) is 4.39. The fourth-order valence-corrected chi connectivity index (χ4v) is 2.94. The highest BCUT2D eigenvalue weighted by atomic mass is 19.1. The third-order valence-electron chi connectivity index (χ3n) is 5.11. The number of methoxy groups -OCH3 is 1. The lowest BCUT2D eigenvalue weighted by molar-refractivity contribution is 0.372. The highest BCUT2D eigenvalue weighted by molar-refractivity contribution is 5.41. The number of alkyl halides is 1. The van der Waals surface area contributed by atoms with Gasteiger partial charge in [0.05, 0.1) is 14.3 Å². The quantitative estimate of drug-likeness (QED) is 0.524. The van der Waals surface area contributed by atoms with Gasteiger partial charge in [0.2, 0.25) is 0 Å². The van der Waals surface area contributed by atoms with Crippen molar-refractivity contribution in [2.24, 2.45) is 5.92 Å². The molecule has 0 aliphatic rings. The van der Waals surface area contributed by atoms with E-state index in [4.69, 9.17) is 4.74 Å². The molecule has 0 aliphatic heterocycles. The third kappa shape index (κ3) is 9.29. The Bertz CT molecular complexity index is 685. The van der Waals surface area contributed by atoms with E-state index in [1.807, 2.05) is 25.1 Å². The van der Waals surface area contributed by atoms with Gasteiger partial charge >= 0.3 is 0 Å². The van der Waals surface area contributed by atoms with Crippen molar-refractivity contribution in [3.63, 3.8) is 0 Å². The number of aryl methyl sites for hydroxylation is 4. The Balaban J connectivity index is 0.000000508. The van der Waals surface area contributed by atoms with Crippen molar-refractivity contribution in [1.29, 1.82) is 0 Å². The van der Waals surface area contributed by atoms with Crippen molar-refractivity contribution >= 4 is 0 Å². The number of hydrogen-bond donors (Lipinski definition) is 1. The van der Waals surface area contributed by atoms with Crippen molar-refractivity contribution in [3.8, 4) is 11.5 Å². The molecule has 1 atom stereocenters. The number of aromatic hydroxyl groups is 1. The normalized spacial score (nSPS) is 10.9. The van der Waals surface area contributed by atoms with E-state index in [2.05, 4.69) is 27.7 Å². The first kappa shape index (κ1) is 26.9. The highest BCUT2D eigenvalue weighted by Crippen LogP contribution is 2.27. The summed E-state index contributed by atoms with van der Waals surface area (Å²) in [5, 5.41) is 9.43. The minimum Gasteiger partial charge on any atom is -0.504 e. The molecule has 0 heterocycles. The summed E-state index contributed by atoms with van der Waals surface area (Å²) < 4.78 is 27.7. The van der Waals surface area contributed by atoms with E-state index in [-0.39, 0.29) is 11.6 Å². The molecule has 0 saturated carbocycles. The second-order valence-electron chi connectivity index (χ2n) is 7.14. The molecule has 0 fully saturated rings. The molecule has 0 bridgehead atoms. The lowest BCUT2D eigenvalue weighted by atomic mass is 9.99. The number of hydrogen-bond acceptors (Lipinski definition) is 2. The van der Waals surface area contributed by atoms with Crippen LogP contribution in [0.15, 0.2) is 30.3 Å². The zero-order valence-corrected chi connectivity index (χ0v) is 19.1. The van der Waals surface area contributed by atoms with Crippen LogP contribution < -0.4 is 4.74 Å². The van der Waals surface area contributed by atoms with Gasteiger partial charge in [0.1, 0.15) is 5.82 Å². The molecule has 0 saturated heterocycles. The van der Waals surface area contributed by atoms with Gasteiger partial charge in [-0.2, -0.15) is 0 Å². The zero-order valence-electron chi connectivity index (χ0n) is 19.1. The second-order valence-corrected chi connectivity index (χ2v) is 7.14. The van der Waals surface area contributed by atoms with Crippen molar-refractivity contribution in [3.05, 3.63) is 58.4 Å². The van der Waals surface area contributed by atoms with Crippen LogP contribution >= 0.6 is 0 Å². The molecule has 2 aromatic carbocycles. The lowest BCUT2D eigenvalue weighted by Crippen LogP contribution is -1.96. The molecule has 0 aliphatic carbocycles. The maximum atomic E-state index is 13.1. The van der Waals surface area contributed by atoms with Crippen LogP contribution in [0.3, 0.4) is 0 Å². The molecule has 0 spiro atoms. The van der Waals surface area contributed by atoms with Gasteiger partial charge < -0.3 is 9.84 Å². The Morgan fingerprint density at radius 1 is 1.00 bits per heavy atom. The first-order valence-electron chi connectivity index (χ1n) is 10.4. The average molecular weight is 409 g/mol. The Morgan fingerprint density at radius 2 is 1.59 bits per heavy atom. The molecule has 29 heavy (non-hydrogen) atoms. The Kier molecular flexibility index (Phi) is 13.8. The van der Waals surface area contributed by atoms with Crippen molar-refractivity contribution in [2.75, 3.05) is 14.3 Å². The minimum absolute atomic E-state index is 0.0796. The first-order chi connectivity index (χ1) is 13.9. The van der Waals surface area contributed by atoms with Gasteiger partial charge in [-0.15, -0.1) is 0 Å². The summed E-state index contributed by atoms with van der Waals surface area (Å²) in [6, 6.07) is 9.19. The predicted octanol–water partition coefficient (Wildman–Crippen LogP) is 7.22. The van der Waals surface area contributed by atoms with Crippen LogP contribution in [0, 0.1) is 18.7 Å². The Hall–Kier alpha value is -2.10. The van der Waals surface area contributed by atoms with Crippen molar-refractivity contribution < 1.29 is 18.6 Å². The van der Waals surface area contributed by atoms with Gasteiger partial charge in [-0.25, -0.2) is 4.39 Å². The SMILES string of the molecule is CC[C@@H](C)CCc1ccc(O)c(OC)c1.CCc1cc(C)c(F)cc1CC.CF. The summed E-state index contributed by atoms with van der Waals surface area (Å²) in [6.07, 6.45) is 5.36. The van der Waals surface area contributed by atoms with E-state index in [0.717, 1.165) is 36.3 Å². The number of rotatable bonds is 7. The lowest BCUT2D eigenvalue weighted by Gasteiger charge is -2.09. The molecule has 0 amide bonds. The maximum Gasteiger partial charge on any atom is 0.160 e. The van der Waals surface area contributed by atoms with Gasteiger partial charge in [-0.3, -0.25) is 4.39 Å². The van der Waals surface area contributed by atoms with E-state index in [9.17, 15) is 13.9 Å². The number of benzene rings is 2. The number of halogens is 2. The third-order valence-corrected chi connectivity index (χ3v) is 5.11. The fourth-order valence-electron chi connectivity index (χ4n) is 2.94. The van der Waals surface area contributed by atoms with Crippen LogP contribution in [-0.2, 0) is 19.3 Å². The number of ether oxygens (including phenoxy) is 1. The Morgan fingerprint density at radius 3 is 2.10 bits per heavy atom. The van der Waals surface area contributed by atoms with E-state index in [1.165, 1.54) is 24.0 Å². The van der Waals surface area contributed by atoms with Gasteiger partial charge in [-0.1, -0.05) is 46.2 Å². The minimum atomic E-state index is -0.0796. The van der Waals surface area contributed by atoms with Crippen LogP contribution in [0.25, 0.3) is 0 Å². The summed E-state index contributed by atoms with van der Waals surface area (Å²) in [5.74, 6) is 1.45. The molecule has 4 heteroatoms. The molecule has 0 aromatic heterocycles. The summed E-state index contributed by atoms with van der Waals surface area (Å²) in [6.45, 7) is 10.4. The fraction of sp³-hybridized carbons (Fsp3) is 0.520. The van der Waals surface area contributed by atoms with Gasteiger partial charge in [0.25, 0.3) is 0 Å². The Labute approximate surface area is 175 Å². The first-order valence-corrected chi connectivity index (χ1v) is 10.4. The molecule has 2 nitrogen and oxygen atoms in total. The average Bonchev–Trinajstić information content (AvgIpc) is 2.76. The van der Waals surface area contributed by atoms with Gasteiger partial charge in [-0.05, 0) is 79.0 Å². The topological polar surface area (TPSA) is 29.5 Å². The maximum absolute atomic E-state index is 13.1. The van der Waals surface area contributed by atoms with Crippen LogP contribution in [0.2, 0.25) is 0 Å². The second kappa shape index (κ2) is 14.8.